The Kier molecular flexibility index (Phi) is 5.42. The van der Waals surface area contributed by atoms with E-state index < -0.39 is 0 Å². The van der Waals surface area contributed by atoms with Gasteiger partial charge in [0.1, 0.15) is 0 Å². The smallest absolute Gasteiger partial charge is 0.282 e. The molecule has 0 unspecified atom stereocenters. The number of carbonyl (C=O) groups is 2. The van der Waals surface area contributed by atoms with Crippen LogP contribution >= 0.6 is 11.6 Å². The minimum Gasteiger partial charge on any atom is -0.332 e. The summed E-state index contributed by atoms with van der Waals surface area (Å²) in [5.74, 6) is 0.0855. The molecule has 6 heteroatoms. The zero-order chi connectivity index (χ0) is 16.3. The third-order valence-corrected chi connectivity index (χ3v) is 4.79. The van der Waals surface area contributed by atoms with E-state index in [0.717, 1.165) is 24.3 Å². The maximum Gasteiger partial charge on any atom is 0.282 e. The second-order valence-electron chi connectivity index (χ2n) is 5.79. The monoisotopic (exact) mass is 324 g/mol. The van der Waals surface area contributed by atoms with Gasteiger partial charge in [-0.2, -0.15) is 0 Å². The quantitative estimate of drug-likeness (QED) is 0.861. The van der Waals surface area contributed by atoms with Crippen LogP contribution < -0.4 is 10.2 Å². The van der Waals surface area contributed by atoms with Crippen LogP contribution in [0.15, 0.2) is 18.2 Å². The molecular weight excluding hydrogens is 302 g/mol. The van der Waals surface area contributed by atoms with Gasteiger partial charge in [-0.3, -0.25) is 9.59 Å². The summed E-state index contributed by atoms with van der Waals surface area (Å²) in [6.07, 6.45) is 0. The van der Waals surface area contributed by atoms with Gasteiger partial charge in [0.15, 0.2) is 6.04 Å². The standard InChI is InChI=1S/C16H22ClN3O2/c1-11-14(17)5-4-6-15(11)18-16(22)12(2)19-7-9-20(10-8-19)13(3)21/h4-6,12H,7-10H2,1-3H3,(H,18,22)/p+1/t12-/m1/s1. The molecular formula is C16H23ClN3O2+. The number of quaternary nitrogens is 1. The van der Waals surface area contributed by atoms with Crippen molar-refractivity contribution >= 4 is 29.1 Å². The normalized spacial score (nSPS) is 17.2. The van der Waals surface area contributed by atoms with Crippen LogP contribution in [0.4, 0.5) is 5.69 Å². The van der Waals surface area contributed by atoms with Crippen molar-refractivity contribution < 1.29 is 14.5 Å². The Morgan fingerprint density at radius 3 is 2.55 bits per heavy atom. The lowest BCUT2D eigenvalue weighted by Gasteiger charge is -2.34. The number of anilines is 1. The van der Waals surface area contributed by atoms with Crippen molar-refractivity contribution in [2.45, 2.75) is 26.8 Å². The summed E-state index contributed by atoms with van der Waals surface area (Å²) in [6.45, 7) is 8.40. The average molecular weight is 325 g/mol. The van der Waals surface area contributed by atoms with E-state index in [0.29, 0.717) is 18.1 Å². The molecule has 1 saturated heterocycles. The largest absolute Gasteiger partial charge is 0.332 e. The van der Waals surface area contributed by atoms with Crippen LogP contribution in [0.25, 0.3) is 0 Å². The van der Waals surface area contributed by atoms with E-state index >= 15 is 0 Å². The SMILES string of the molecule is CC(=O)N1CC[NH+]([C@H](C)C(=O)Nc2cccc(Cl)c2C)CC1. The first-order valence-corrected chi connectivity index (χ1v) is 7.94. The molecule has 22 heavy (non-hydrogen) atoms. The van der Waals surface area contributed by atoms with E-state index in [-0.39, 0.29) is 17.9 Å². The fraction of sp³-hybridized carbons (Fsp3) is 0.500. The molecule has 1 heterocycles. The molecule has 0 bridgehead atoms. The Morgan fingerprint density at radius 1 is 1.32 bits per heavy atom. The van der Waals surface area contributed by atoms with Crippen molar-refractivity contribution in [3.8, 4) is 0 Å². The van der Waals surface area contributed by atoms with Crippen LogP contribution in [0.1, 0.15) is 19.4 Å². The number of benzene rings is 1. The van der Waals surface area contributed by atoms with Gasteiger partial charge in [0.05, 0.1) is 26.2 Å². The minimum absolute atomic E-state index is 0.0170. The van der Waals surface area contributed by atoms with Crippen molar-refractivity contribution in [3.63, 3.8) is 0 Å². The van der Waals surface area contributed by atoms with Gasteiger partial charge < -0.3 is 15.1 Å². The topological polar surface area (TPSA) is 53.9 Å². The molecule has 0 saturated carbocycles. The number of nitrogens with one attached hydrogen (secondary N) is 2. The number of halogens is 1. The van der Waals surface area contributed by atoms with E-state index in [2.05, 4.69) is 5.32 Å². The molecule has 2 amide bonds. The lowest BCUT2D eigenvalue weighted by atomic mass is 10.1. The zero-order valence-electron chi connectivity index (χ0n) is 13.3. The molecule has 2 rings (SSSR count). The van der Waals surface area contributed by atoms with Crippen LogP contribution in [0.3, 0.4) is 0 Å². The molecule has 5 nitrogen and oxygen atoms in total. The first-order valence-electron chi connectivity index (χ1n) is 7.56. The predicted molar refractivity (Wildman–Crippen MR) is 87.2 cm³/mol. The fourth-order valence-corrected chi connectivity index (χ4v) is 2.89. The summed E-state index contributed by atoms with van der Waals surface area (Å²) < 4.78 is 0. The molecule has 120 valence electrons. The van der Waals surface area contributed by atoms with E-state index in [1.165, 1.54) is 4.90 Å². The van der Waals surface area contributed by atoms with Crippen LogP contribution in [-0.2, 0) is 9.59 Å². The third-order valence-electron chi connectivity index (χ3n) is 4.38. The lowest BCUT2D eigenvalue weighted by Crippen LogP contribution is -3.19. The summed E-state index contributed by atoms with van der Waals surface area (Å²) >= 11 is 6.08. The summed E-state index contributed by atoms with van der Waals surface area (Å²) in [5, 5.41) is 3.60. The fourth-order valence-electron chi connectivity index (χ4n) is 2.71. The molecule has 1 aliphatic heterocycles. The molecule has 1 aromatic rings. The van der Waals surface area contributed by atoms with Crippen LogP contribution in [-0.4, -0.2) is 48.9 Å². The van der Waals surface area contributed by atoms with Crippen molar-refractivity contribution in [2.75, 3.05) is 31.5 Å². The Labute approximate surface area is 136 Å². The van der Waals surface area contributed by atoms with Gasteiger partial charge in [0.2, 0.25) is 5.91 Å². The molecule has 0 radical (unpaired) electrons. The average Bonchev–Trinajstić information content (AvgIpc) is 2.51. The highest BCUT2D eigenvalue weighted by molar-refractivity contribution is 6.31. The lowest BCUT2D eigenvalue weighted by molar-refractivity contribution is -0.917. The molecule has 0 aliphatic carbocycles. The third kappa shape index (κ3) is 3.78. The summed E-state index contributed by atoms with van der Waals surface area (Å²) in [7, 11) is 0. The highest BCUT2D eigenvalue weighted by Crippen LogP contribution is 2.22. The minimum atomic E-state index is -0.160. The molecule has 2 N–H and O–H groups in total. The van der Waals surface area contributed by atoms with Crippen molar-refractivity contribution in [3.05, 3.63) is 28.8 Å². The Hall–Kier alpha value is -1.59. The van der Waals surface area contributed by atoms with Gasteiger partial charge in [0, 0.05) is 17.6 Å². The number of nitrogens with zero attached hydrogens (tertiary/aromatic N) is 1. The van der Waals surface area contributed by atoms with E-state index in [4.69, 9.17) is 11.6 Å². The van der Waals surface area contributed by atoms with Crippen LogP contribution in [0.2, 0.25) is 5.02 Å². The molecule has 1 atom stereocenters. The summed E-state index contributed by atoms with van der Waals surface area (Å²) in [4.78, 5) is 26.8. The predicted octanol–water partition coefficient (Wildman–Crippen LogP) is 0.722. The van der Waals surface area contributed by atoms with Gasteiger partial charge in [-0.05, 0) is 31.5 Å². The first-order chi connectivity index (χ1) is 10.4. The second kappa shape index (κ2) is 7.11. The Bertz CT molecular complexity index is 569. The number of piperazine rings is 1. The zero-order valence-corrected chi connectivity index (χ0v) is 14.0. The number of carbonyl (C=O) groups excluding carboxylic acids is 2. The number of hydrogen-bond donors (Lipinski definition) is 2. The number of amides is 2. The maximum atomic E-state index is 12.4. The first kappa shape index (κ1) is 16.8. The van der Waals surface area contributed by atoms with Crippen LogP contribution in [0, 0.1) is 6.92 Å². The number of hydrogen-bond acceptors (Lipinski definition) is 2. The maximum absolute atomic E-state index is 12.4. The van der Waals surface area contributed by atoms with E-state index in [9.17, 15) is 9.59 Å². The molecule has 0 spiro atoms. The van der Waals surface area contributed by atoms with Gasteiger partial charge in [-0.1, -0.05) is 17.7 Å². The Balaban J connectivity index is 1.95. The van der Waals surface area contributed by atoms with Crippen molar-refractivity contribution in [2.24, 2.45) is 0 Å². The number of rotatable bonds is 3. The van der Waals surface area contributed by atoms with Gasteiger partial charge in [-0.15, -0.1) is 0 Å². The molecule has 1 fully saturated rings. The second-order valence-corrected chi connectivity index (χ2v) is 6.19. The Morgan fingerprint density at radius 2 is 1.95 bits per heavy atom. The highest BCUT2D eigenvalue weighted by atomic mass is 35.5. The molecule has 1 aliphatic rings. The molecule has 1 aromatic carbocycles. The van der Waals surface area contributed by atoms with Gasteiger partial charge >= 0.3 is 0 Å². The molecule has 0 aromatic heterocycles. The van der Waals surface area contributed by atoms with Crippen LogP contribution in [0.5, 0.6) is 0 Å². The van der Waals surface area contributed by atoms with Gasteiger partial charge in [-0.25, -0.2) is 0 Å². The summed E-state index contributed by atoms with van der Waals surface area (Å²) in [5.41, 5.74) is 1.63. The highest BCUT2D eigenvalue weighted by Gasteiger charge is 2.30. The van der Waals surface area contributed by atoms with Crippen molar-refractivity contribution in [1.82, 2.24) is 4.90 Å². The summed E-state index contributed by atoms with van der Waals surface area (Å²) in [6, 6.07) is 5.33. The van der Waals surface area contributed by atoms with E-state index in [1.54, 1.807) is 6.92 Å². The van der Waals surface area contributed by atoms with Crippen molar-refractivity contribution in [1.29, 1.82) is 0 Å². The van der Waals surface area contributed by atoms with Gasteiger partial charge in [0.25, 0.3) is 5.91 Å². The van der Waals surface area contributed by atoms with E-state index in [1.807, 2.05) is 36.9 Å².